The molecule has 1 heterocycles. The lowest BCUT2D eigenvalue weighted by Crippen LogP contribution is -2.46. The first-order valence-electron chi connectivity index (χ1n) is 12.5. The van der Waals surface area contributed by atoms with E-state index in [1.807, 2.05) is 18.2 Å². The number of nitrogens with one attached hydrogen (secondary N) is 1. The molecule has 0 bridgehead atoms. The highest BCUT2D eigenvalue weighted by molar-refractivity contribution is 5.99. The summed E-state index contributed by atoms with van der Waals surface area (Å²) in [6.07, 6.45) is 0.201. The van der Waals surface area contributed by atoms with E-state index in [9.17, 15) is 9.59 Å². The number of anilines is 1. The third-order valence-electron chi connectivity index (χ3n) is 6.74. The third kappa shape index (κ3) is 6.77. The zero-order valence-electron chi connectivity index (χ0n) is 22.2. The van der Waals surface area contributed by atoms with Crippen LogP contribution < -0.4 is 14.8 Å². The van der Waals surface area contributed by atoms with Crippen molar-refractivity contribution in [3.63, 3.8) is 0 Å². The average Bonchev–Trinajstić information content (AvgIpc) is 2.89. The molecule has 0 unspecified atom stereocenters. The summed E-state index contributed by atoms with van der Waals surface area (Å²) in [6, 6.07) is 13.3. The number of likely N-dealkylation sites (N-methyl/N-ethyl adjacent to an activating group) is 1. The maximum atomic E-state index is 13.4. The minimum atomic E-state index is -0.175. The number of ether oxygens (including phenoxy) is 3. The number of hydrogen-bond acceptors (Lipinski definition) is 6. The number of rotatable bonds is 6. The van der Waals surface area contributed by atoms with E-state index in [1.165, 1.54) is 0 Å². The molecule has 0 fully saturated rings. The molecule has 2 amide bonds. The summed E-state index contributed by atoms with van der Waals surface area (Å²) in [5, 5.41) is 2.83. The Morgan fingerprint density at radius 2 is 1.89 bits per heavy atom. The number of carbonyl (C=O) groups is 2. The number of nitrogens with zero attached hydrogens (tertiary/aromatic N) is 2. The molecule has 0 saturated carbocycles. The third-order valence-corrected chi connectivity index (χ3v) is 6.74. The Bertz CT molecular complexity index is 1040. The van der Waals surface area contributed by atoms with Crippen molar-refractivity contribution in [1.82, 2.24) is 9.80 Å². The van der Waals surface area contributed by atoms with Gasteiger partial charge in [-0.25, -0.2) is 0 Å². The Labute approximate surface area is 214 Å². The summed E-state index contributed by atoms with van der Waals surface area (Å²) >= 11 is 0. The summed E-state index contributed by atoms with van der Waals surface area (Å²) < 4.78 is 17.7. The Morgan fingerprint density at radius 1 is 1.14 bits per heavy atom. The second kappa shape index (κ2) is 12.7. The molecular weight excluding hydrogens is 458 g/mol. The van der Waals surface area contributed by atoms with Crippen molar-refractivity contribution in [3.05, 3.63) is 53.6 Å². The van der Waals surface area contributed by atoms with E-state index in [0.29, 0.717) is 43.1 Å². The molecule has 0 saturated heterocycles. The van der Waals surface area contributed by atoms with Gasteiger partial charge >= 0.3 is 0 Å². The van der Waals surface area contributed by atoms with Crippen molar-refractivity contribution in [2.24, 2.45) is 5.92 Å². The van der Waals surface area contributed by atoms with Crippen molar-refractivity contribution in [1.29, 1.82) is 0 Å². The Kier molecular flexibility index (Phi) is 9.73. The second-order valence-electron chi connectivity index (χ2n) is 9.45. The molecule has 3 rings (SSSR count). The molecule has 0 aliphatic carbocycles. The van der Waals surface area contributed by atoms with Crippen LogP contribution in [-0.4, -0.2) is 74.7 Å². The van der Waals surface area contributed by atoms with Gasteiger partial charge in [0.05, 0.1) is 18.8 Å². The summed E-state index contributed by atoms with van der Waals surface area (Å²) in [5.74, 6) is 1.21. The minimum Gasteiger partial charge on any atom is -0.496 e. The number of hydrogen-bond donors (Lipinski definition) is 1. The molecule has 0 aromatic heterocycles. The van der Waals surface area contributed by atoms with E-state index in [2.05, 4.69) is 30.1 Å². The van der Waals surface area contributed by atoms with Crippen molar-refractivity contribution in [2.45, 2.75) is 45.9 Å². The van der Waals surface area contributed by atoms with Gasteiger partial charge in [0.1, 0.15) is 18.1 Å². The van der Waals surface area contributed by atoms with Gasteiger partial charge in [-0.3, -0.25) is 14.5 Å². The molecule has 0 spiro atoms. The summed E-state index contributed by atoms with van der Waals surface area (Å²) in [4.78, 5) is 29.4. The first-order valence-corrected chi connectivity index (χ1v) is 12.5. The van der Waals surface area contributed by atoms with E-state index >= 15 is 0 Å². The van der Waals surface area contributed by atoms with Crippen molar-refractivity contribution in [2.75, 3.05) is 46.3 Å². The molecule has 196 valence electrons. The standard InChI is InChI=1S/C28H39N3O5/c1-7-27(32)29-22-12-13-25-23(14-22)28(33)30(4)17-26(35-6)19(2)15-31(20(3)18-36-25)16-21-10-8-9-11-24(21)34-5/h8-14,19-20,26H,7,15-18H2,1-6H3,(H,29,32)/t19-,20-,26-/m1/s1. The highest BCUT2D eigenvalue weighted by atomic mass is 16.5. The van der Waals surface area contributed by atoms with E-state index in [-0.39, 0.29) is 29.9 Å². The van der Waals surface area contributed by atoms with Gasteiger partial charge in [-0.15, -0.1) is 0 Å². The van der Waals surface area contributed by atoms with Crippen LogP contribution in [-0.2, 0) is 16.1 Å². The lowest BCUT2D eigenvalue weighted by molar-refractivity contribution is -0.115. The van der Waals surface area contributed by atoms with Gasteiger partial charge in [0.15, 0.2) is 0 Å². The quantitative estimate of drug-likeness (QED) is 0.649. The SMILES string of the molecule is CCC(=O)Nc1ccc2c(c1)C(=O)N(C)C[C@@H](OC)[C@H](C)CN(Cc1ccccc1OC)[C@H](C)CO2. The molecule has 3 atom stereocenters. The number of amides is 2. The summed E-state index contributed by atoms with van der Waals surface area (Å²) in [6.45, 7) is 8.33. The topological polar surface area (TPSA) is 80.3 Å². The molecule has 36 heavy (non-hydrogen) atoms. The number of benzene rings is 2. The van der Waals surface area contributed by atoms with Crippen LogP contribution in [0, 0.1) is 5.92 Å². The van der Waals surface area contributed by atoms with Crippen LogP contribution in [0.3, 0.4) is 0 Å². The predicted octanol–water partition coefficient (Wildman–Crippen LogP) is 4.05. The second-order valence-corrected chi connectivity index (χ2v) is 9.45. The van der Waals surface area contributed by atoms with E-state index in [4.69, 9.17) is 14.2 Å². The number of fused-ring (bicyclic) bond motifs is 1. The Balaban J connectivity index is 1.95. The van der Waals surface area contributed by atoms with Crippen LogP contribution in [0.2, 0.25) is 0 Å². The summed E-state index contributed by atoms with van der Waals surface area (Å²) in [5.41, 5.74) is 2.09. The Hall–Kier alpha value is -3.10. The van der Waals surface area contributed by atoms with Gasteiger partial charge in [0, 0.05) is 57.5 Å². The maximum absolute atomic E-state index is 13.4. The molecule has 8 heteroatoms. The molecule has 1 aliphatic rings. The lowest BCUT2D eigenvalue weighted by Gasteiger charge is -2.36. The van der Waals surface area contributed by atoms with E-state index < -0.39 is 0 Å². The number of methoxy groups -OCH3 is 2. The highest BCUT2D eigenvalue weighted by Crippen LogP contribution is 2.27. The fourth-order valence-electron chi connectivity index (χ4n) is 4.45. The Morgan fingerprint density at radius 3 is 2.58 bits per heavy atom. The number of carbonyl (C=O) groups excluding carboxylic acids is 2. The zero-order chi connectivity index (χ0) is 26.2. The molecular formula is C28H39N3O5. The highest BCUT2D eigenvalue weighted by Gasteiger charge is 2.29. The van der Waals surface area contributed by atoms with Crippen LogP contribution in [0.15, 0.2) is 42.5 Å². The zero-order valence-corrected chi connectivity index (χ0v) is 22.2. The van der Waals surface area contributed by atoms with Crippen LogP contribution in [0.1, 0.15) is 43.1 Å². The van der Waals surface area contributed by atoms with E-state index in [1.54, 1.807) is 51.3 Å². The largest absolute Gasteiger partial charge is 0.496 e. The van der Waals surface area contributed by atoms with E-state index in [0.717, 1.165) is 17.9 Å². The lowest BCUT2D eigenvalue weighted by atomic mass is 10.0. The molecule has 0 radical (unpaired) electrons. The van der Waals surface area contributed by atoms with Gasteiger partial charge < -0.3 is 24.4 Å². The van der Waals surface area contributed by atoms with Crippen molar-refractivity contribution in [3.8, 4) is 11.5 Å². The van der Waals surface area contributed by atoms with Gasteiger partial charge in [0.2, 0.25) is 5.91 Å². The molecule has 1 N–H and O–H groups in total. The first-order chi connectivity index (χ1) is 17.3. The summed E-state index contributed by atoms with van der Waals surface area (Å²) in [7, 11) is 5.14. The smallest absolute Gasteiger partial charge is 0.257 e. The monoisotopic (exact) mass is 497 g/mol. The average molecular weight is 498 g/mol. The normalized spacial score (nSPS) is 21.6. The van der Waals surface area contributed by atoms with Crippen molar-refractivity contribution < 1.29 is 23.8 Å². The van der Waals surface area contributed by atoms with Gasteiger partial charge in [0.25, 0.3) is 5.91 Å². The van der Waals surface area contributed by atoms with Crippen molar-refractivity contribution >= 4 is 17.5 Å². The van der Waals surface area contributed by atoms with Crippen LogP contribution in [0.4, 0.5) is 5.69 Å². The predicted molar refractivity (Wildman–Crippen MR) is 141 cm³/mol. The van der Waals surface area contributed by atoms with Gasteiger partial charge in [-0.1, -0.05) is 32.0 Å². The van der Waals surface area contributed by atoms with Crippen LogP contribution in [0.25, 0.3) is 0 Å². The van der Waals surface area contributed by atoms with Crippen LogP contribution in [0.5, 0.6) is 11.5 Å². The molecule has 2 aromatic carbocycles. The molecule has 1 aliphatic heterocycles. The fraction of sp³-hybridized carbons (Fsp3) is 0.500. The fourth-order valence-corrected chi connectivity index (χ4v) is 4.45. The molecule has 8 nitrogen and oxygen atoms in total. The maximum Gasteiger partial charge on any atom is 0.257 e. The number of para-hydroxylation sites is 1. The first kappa shape index (κ1) is 27.5. The molecule has 2 aromatic rings. The minimum absolute atomic E-state index is 0.0504. The van der Waals surface area contributed by atoms with Gasteiger partial charge in [-0.05, 0) is 37.1 Å². The van der Waals surface area contributed by atoms with Gasteiger partial charge in [-0.2, -0.15) is 0 Å². The van der Waals surface area contributed by atoms with Crippen LogP contribution >= 0.6 is 0 Å².